The molecular formula is C14H17N3O. The molecule has 0 saturated carbocycles. The first-order chi connectivity index (χ1) is 8.70. The predicted octanol–water partition coefficient (Wildman–Crippen LogP) is 1.48. The molecule has 4 nitrogen and oxygen atoms in total. The van der Waals surface area contributed by atoms with E-state index in [1.165, 1.54) is 11.1 Å². The Balaban J connectivity index is 1.79. The van der Waals surface area contributed by atoms with Gasteiger partial charge in [0.25, 0.3) is 0 Å². The number of aryl methyl sites for hydroxylation is 2. The zero-order chi connectivity index (χ0) is 12.5. The van der Waals surface area contributed by atoms with Crippen LogP contribution in [0.25, 0.3) is 0 Å². The van der Waals surface area contributed by atoms with E-state index in [1.54, 1.807) is 0 Å². The third kappa shape index (κ3) is 2.29. The molecule has 1 atom stereocenters. The van der Waals surface area contributed by atoms with Crippen LogP contribution in [-0.4, -0.2) is 26.0 Å². The first-order valence-corrected chi connectivity index (χ1v) is 6.37. The molecule has 0 radical (unpaired) electrons. The van der Waals surface area contributed by atoms with Gasteiger partial charge in [0.1, 0.15) is 5.82 Å². The van der Waals surface area contributed by atoms with Crippen molar-refractivity contribution in [1.82, 2.24) is 14.8 Å². The molecule has 0 saturated heterocycles. The van der Waals surface area contributed by atoms with Crippen molar-refractivity contribution in [2.24, 2.45) is 0 Å². The van der Waals surface area contributed by atoms with Crippen LogP contribution in [0.15, 0.2) is 24.3 Å². The van der Waals surface area contributed by atoms with Gasteiger partial charge in [0.2, 0.25) is 0 Å². The molecule has 2 aromatic rings. The largest absolute Gasteiger partial charge is 0.391 e. The van der Waals surface area contributed by atoms with Crippen LogP contribution in [0.5, 0.6) is 0 Å². The van der Waals surface area contributed by atoms with Crippen molar-refractivity contribution in [2.45, 2.75) is 38.8 Å². The topological polar surface area (TPSA) is 50.9 Å². The summed E-state index contributed by atoms with van der Waals surface area (Å²) in [5.74, 6) is 1.85. The number of aromatic nitrogens is 3. The average Bonchev–Trinajstić information content (AvgIpc) is 2.73. The molecule has 1 unspecified atom stereocenters. The maximum Gasteiger partial charge on any atom is 0.155 e. The number of hydrogen-bond donors (Lipinski definition) is 1. The Morgan fingerprint density at radius 1 is 1.33 bits per heavy atom. The highest BCUT2D eigenvalue weighted by Gasteiger charge is 2.19. The summed E-state index contributed by atoms with van der Waals surface area (Å²) in [7, 11) is 0. The summed E-state index contributed by atoms with van der Waals surface area (Å²) >= 11 is 0. The lowest BCUT2D eigenvalue weighted by Gasteiger charge is -2.16. The number of benzene rings is 1. The Hall–Kier alpha value is -1.68. The van der Waals surface area contributed by atoms with Gasteiger partial charge in [-0.25, -0.2) is 9.67 Å². The molecule has 1 N–H and O–H groups in total. The van der Waals surface area contributed by atoms with E-state index < -0.39 is 0 Å². The second-order valence-corrected chi connectivity index (χ2v) is 4.98. The fourth-order valence-electron chi connectivity index (χ4n) is 2.31. The summed E-state index contributed by atoms with van der Waals surface area (Å²) in [5.41, 5.74) is 2.49. The zero-order valence-corrected chi connectivity index (χ0v) is 10.5. The SMILES string of the molecule is Cc1ccc(Cc2nc3n(n2)CC(O)CC3)cc1. The average molecular weight is 243 g/mol. The van der Waals surface area contributed by atoms with Crippen molar-refractivity contribution in [3.8, 4) is 0 Å². The number of aliphatic hydroxyl groups is 1. The van der Waals surface area contributed by atoms with E-state index in [4.69, 9.17) is 0 Å². The summed E-state index contributed by atoms with van der Waals surface area (Å²) in [6.45, 7) is 2.66. The lowest BCUT2D eigenvalue weighted by atomic mass is 10.1. The second-order valence-electron chi connectivity index (χ2n) is 4.98. The highest BCUT2D eigenvalue weighted by atomic mass is 16.3. The van der Waals surface area contributed by atoms with E-state index in [0.29, 0.717) is 6.54 Å². The Morgan fingerprint density at radius 3 is 2.89 bits per heavy atom. The van der Waals surface area contributed by atoms with Crippen molar-refractivity contribution in [3.05, 3.63) is 47.0 Å². The van der Waals surface area contributed by atoms with E-state index >= 15 is 0 Å². The Labute approximate surface area is 106 Å². The molecule has 0 fully saturated rings. The maximum absolute atomic E-state index is 9.60. The normalized spacial score (nSPS) is 18.7. The summed E-state index contributed by atoms with van der Waals surface area (Å²) in [6.07, 6.45) is 2.10. The van der Waals surface area contributed by atoms with E-state index in [2.05, 4.69) is 41.3 Å². The van der Waals surface area contributed by atoms with Gasteiger partial charge >= 0.3 is 0 Å². The first kappa shape index (κ1) is 11.4. The van der Waals surface area contributed by atoms with Crippen LogP contribution in [0.2, 0.25) is 0 Å². The van der Waals surface area contributed by atoms with Gasteiger partial charge < -0.3 is 5.11 Å². The van der Waals surface area contributed by atoms with Crippen LogP contribution in [0.4, 0.5) is 0 Å². The van der Waals surface area contributed by atoms with E-state index in [1.807, 2.05) is 4.68 Å². The Morgan fingerprint density at radius 2 is 2.11 bits per heavy atom. The Bertz CT molecular complexity index is 545. The minimum absolute atomic E-state index is 0.272. The van der Waals surface area contributed by atoms with Gasteiger partial charge in [-0.3, -0.25) is 0 Å². The van der Waals surface area contributed by atoms with Gasteiger partial charge in [-0.05, 0) is 18.9 Å². The Kier molecular flexibility index (Phi) is 2.88. The van der Waals surface area contributed by atoms with Gasteiger partial charge in [-0.1, -0.05) is 29.8 Å². The standard InChI is InChI=1S/C14H17N3O/c1-10-2-4-11(5-3-10)8-13-15-14-7-6-12(18)9-17(14)16-13/h2-5,12,18H,6-9H2,1H3. The molecule has 1 aromatic heterocycles. The first-order valence-electron chi connectivity index (χ1n) is 6.37. The van der Waals surface area contributed by atoms with Gasteiger partial charge in [0.05, 0.1) is 12.6 Å². The summed E-state index contributed by atoms with van der Waals surface area (Å²) < 4.78 is 1.84. The molecule has 2 heterocycles. The van der Waals surface area contributed by atoms with Crippen LogP contribution in [0, 0.1) is 6.92 Å². The molecule has 3 rings (SSSR count). The van der Waals surface area contributed by atoms with Crippen molar-refractivity contribution in [1.29, 1.82) is 0 Å². The summed E-state index contributed by atoms with van der Waals surface area (Å²) in [4.78, 5) is 4.54. The molecule has 18 heavy (non-hydrogen) atoms. The molecule has 0 bridgehead atoms. The molecule has 94 valence electrons. The highest BCUT2D eigenvalue weighted by molar-refractivity contribution is 5.23. The molecule has 0 aliphatic carbocycles. The van der Waals surface area contributed by atoms with Gasteiger partial charge in [-0.15, -0.1) is 0 Å². The number of nitrogens with zero attached hydrogens (tertiary/aromatic N) is 3. The fourth-order valence-corrected chi connectivity index (χ4v) is 2.31. The van der Waals surface area contributed by atoms with E-state index in [9.17, 15) is 5.11 Å². The second kappa shape index (κ2) is 4.53. The monoisotopic (exact) mass is 243 g/mol. The molecule has 4 heteroatoms. The van der Waals surface area contributed by atoms with Crippen molar-refractivity contribution in [2.75, 3.05) is 0 Å². The predicted molar refractivity (Wildman–Crippen MR) is 68.3 cm³/mol. The molecule has 1 aromatic carbocycles. The molecule has 1 aliphatic rings. The van der Waals surface area contributed by atoms with Crippen molar-refractivity contribution in [3.63, 3.8) is 0 Å². The number of hydrogen-bond acceptors (Lipinski definition) is 3. The fraction of sp³-hybridized carbons (Fsp3) is 0.429. The third-order valence-electron chi connectivity index (χ3n) is 3.36. The quantitative estimate of drug-likeness (QED) is 0.869. The summed E-state index contributed by atoms with van der Waals surface area (Å²) in [6, 6.07) is 8.44. The van der Waals surface area contributed by atoms with Crippen LogP contribution >= 0.6 is 0 Å². The lowest BCUT2D eigenvalue weighted by molar-refractivity contribution is 0.124. The smallest absolute Gasteiger partial charge is 0.155 e. The molecular weight excluding hydrogens is 226 g/mol. The lowest BCUT2D eigenvalue weighted by Crippen LogP contribution is -2.25. The minimum Gasteiger partial charge on any atom is -0.391 e. The van der Waals surface area contributed by atoms with Crippen LogP contribution in [0.3, 0.4) is 0 Å². The van der Waals surface area contributed by atoms with Crippen molar-refractivity contribution < 1.29 is 5.11 Å². The highest BCUT2D eigenvalue weighted by Crippen LogP contribution is 2.14. The zero-order valence-electron chi connectivity index (χ0n) is 10.5. The van der Waals surface area contributed by atoms with Crippen LogP contribution < -0.4 is 0 Å². The molecule has 0 spiro atoms. The van der Waals surface area contributed by atoms with Gasteiger partial charge in [0, 0.05) is 12.8 Å². The van der Waals surface area contributed by atoms with Crippen molar-refractivity contribution >= 4 is 0 Å². The number of aliphatic hydroxyl groups excluding tert-OH is 1. The van der Waals surface area contributed by atoms with Gasteiger partial charge in [-0.2, -0.15) is 5.10 Å². The molecule has 0 amide bonds. The van der Waals surface area contributed by atoms with Gasteiger partial charge in [0.15, 0.2) is 5.82 Å². The molecule has 1 aliphatic heterocycles. The van der Waals surface area contributed by atoms with E-state index in [-0.39, 0.29) is 6.10 Å². The van der Waals surface area contributed by atoms with E-state index in [0.717, 1.165) is 30.9 Å². The summed E-state index contributed by atoms with van der Waals surface area (Å²) in [5, 5.41) is 14.1. The number of rotatable bonds is 2. The minimum atomic E-state index is -0.272. The van der Waals surface area contributed by atoms with Crippen LogP contribution in [-0.2, 0) is 19.4 Å². The maximum atomic E-state index is 9.60. The van der Waals surface area contributed by atoms with Crippen LogP contribution in [0.1, 0.15) is 29.2 Å². The third-order valence-corrected chi connectivity index (χ3v) is 3.36. The number of fused-ring (bicyclic) bond motifs is 1.